The molecule has 0 unspecified atom stereocenters. The maximum Gasteiger partial charge on any atom is 0.229 e. The average Bonchev–Trinajstić information content (AvgIpc) is 2.96. The van der Waals surface area contributed by atoms with Crippen molar-refractivity contribution in [2.45, 2.75) is 51.6 Å². The molecule has 0 spiro atoms. The van der Waals surface area contributed by atoms with Crippen molar-refractivity contribution in [2.75, 3.05) is 12.3 Å². The minimum absolute atomic E-state index is 0.0842. The van der Waals surface area contributed by atoms with Crippen molar-refractivity contribution in [1.82, 2.24) is 19.4 Å². The summed E-state index contributed by atoms with van der Waals surface area (Å²) in [6.07, 6.45) is 5.96. The lowest BCUT2D eigenvalue weighted by atomic mass is 10.1. The number of nitrogens with one attached hydrogen (secondary N) is 1. The second-order valence-electron chi connectivity index (χ2n) is 6.23. The van der Waals surface area contributed by atoms with Crippen LogP contribution < -0.4 is 4.72 Å². The molecule has 0 radical (unpaired) electrons. The lowest BCUT2D eigenvalue weighted by molar-refractivity contribution is -0.147. The van der Waals surface area contributed by atoms with E-state index in [0.717, 1.165) is 42.0 Å². The van der Waals surface area contributed by atoms with E-state index in [4.69, 9.17) is 0 Å². The summed E-state index contributed by atoms with van der Waals surface area (Å²) in [5.41, 5.74) is 1.98. The fraction of sp³-hybridized carbons (Fsp3) is 0.667. The molecular formula is C15H22N4O4S. The first-order valence-corrected chi connectivity index (χ1v) is 9.95. The van der Waals surface area contributed by atoms with Gasteiger partial charge in [-0.2, -0.15) is 5.10 Å². The number of aryl methyl sites for hydroxylation is 1. The van der Waals surface area contributed by atoms with Gasteiger partial charge in [-0.3, -0.25) is 19.2 Å². The van der Waals surface area contributed by atoms with Crippen LogP contribution in [0, 0.1) is 0 Å². The molecule has 0 aromatic carbocycles. The Morgan fingerprint density at radius 1 is 1.08 bits per heavy atom. The number of nitrogens with zero attached hydrogens (tertiary/aromatic N) is 3. The standard InChI is InChI=1S/C15H22N4O4S/c20-14-5-3-6-15(21)18(14)8-9-24(22,23)17-11-12-10-16-19-7-2-1-4-13(12)19/h10,17H,1-9,11H2. The summed E-state index contributed by atoms with van der Waals surface area (Å²) < 4.78 is 28.8. The topological polar surface area (TPSA) is 101 Å². The molecule has 8 nitrogen and oxygen atoms in total. The number of carbonyl (C=O) groups is 2. The van der Waals surface area contributed by atoms with E-state index in [-0.39, 0.29) is 30.7 Å². The zero-order valence-corrected chi connectivity index (χ0v) is 14.3. The molecule has 3 heterocycles. The molecule has 2 amide bonds. The van der Waals surface area contributed by atoms with Crippen LogP contribution in [0.4, 0.5) is 0 Å². The predicted molar refractivity (Wildman–Crippen MR) is 86.4 cm³/mol. The molecule has 1 aromatic rings. The van der Waals surface area contributed by atoms with Crippen molar-refractivity contribution in [2.24, 2.45) is 0 Å². The molecule has 24 heavy (non-hydrogen) atoms. The van der Waals surface area contributed by atoms with Crippen LogP contribution >= 0.6 is 0 Å². The summed E-state index contributed by atoms with van der Waals surface area (Å²) in [6, 6.07) is 0. The van der Waals surface area contributed by atoms with Gasteiger partial charge in [0, 0.05) is 43.7 Å². The van der Waals surface area contributed by atoms with Crippen molar-refractivity contribution in [3.8, 4) is 0 Å². The Balaban J connectivity index is 1.55. The van der Waals surface area contributed by atoms with E-state index in [9.17, 15) is 18.0 Å². The van der Waals surface area contributed by atoms with E-state index >= 15 is 0 Å². The van der Waals surface area contributed by atoms with Crippen molar-refractivity contribution in [3.05, 3.63) is 17.5 Å². The molecule has 0 aliphatic carbocycles. The molecule has 1 aromatic heterocycles. The Morgan fingerprint density at radius 2 is 1.83 bits per heavy atom. The first kappa shape index (κ1) is 17.1. The summed E-state index contributed by atoms with van der Waals surface area (Å²) in [6.45, 7) is 0.986. The number of fused-ring (bicyclic) bond motifs is 1. The van der Waals surface area contributed by atoms with Crippen molar-refractivity contribution in [3.63, 3.8) is 0 Å². The van der Waals surface area contributed by atoms with Gasteiger partial charge in [-0.1, -0.05) is 0 Å². The number of aromatic nitrogens is 2. The minimum Gasteiger partial charge on any atom is -0.282 e. The van der Waals surface area contributed by atoms with E-state index in [1.54, 1.807) is 6.20 Å². The van der Waals surface area contributed by atoms with Gasteiger partial charge >= 0.3 is 0 Å². The molecule has 0 saturated carbocycles. The third-order valence-electron chi connectivity index (χ3n) is 4.52. The van der Waals surface area contributed by atoms with Crippen molar-refractivity contribution >= 4 is 21.8 Å². The van der Waals surface area contributed by atoms with Gasteiger partial charge < -0.3 is 0 Å². The minimum atomic E-state index is -3.56. The van der Waals surface area contributed by atoms with E-state index in [0.29, 0.717) is 19.3 Å². The lowest BCUT2D eigenvalue weighted by Gasteiger charge is -2.24. The van der Waals surface area contributed by atoms with E-state index in [2.05, 4.69) is 9.82 Å². The number of amides is 2. The number of sulfonamides is 1. The van der Waals surface area contributed by atoms with Gasteiger partial charge in [-0.25, -0.2) is 13.1 Å². The Hall–Kier alpha value is -1.74. The van der Waals surface area contributed by atoms with Crippen LogP contribution in [-0.2, 0) is 39.1 Å². The number of piperidine rings is 1. The Morgan fingerprint density at radius 3 is 2.58 bits per heavy atom. The zero-order chi connectivity index (χ0) is 17.2. The van der Waals surface area contributed by atoms with Gasteiger partial charge in [0.15, 0.2) is 0 Å². The third kappa shape index (κ3) is 3.84. The van der Waals surface area contributed by atoms with Crippen molar-refractivity contribution in [1.29, 1.82) is 0 Å². The number of imide groups is 1. The molecule has 0 atom stereocenters. The van der Waals surface area contributed by atoms with Gasteiger partial charge in [0.05, 0.1) is 11.9 Å². The van der Waals surface area contributed by atoms with Crippen molar-refractivity contribution < 1.29 is 18.0 Å². The molecule has 2 aliphatic heterocycles. The van der Waals surface area contributed by atoms with Crippen LogP contribution in [0.2, 0.25) is 0 Å². The molecule has 2 aliphatic rings. The smallest absolute Gasteiger partial charge is 0.229 e. The van der Waals surface area contributed by atoms with Crippen LogP contribution in [0.25, 0.3) is 0 Å². The third-order valence-corrected chi connectivity index (χ3v) is 5.82. The molecular weight excluding hydrogens is 332 g/mol. The molecule has 9 heteroatoms. The normalized spacial score (nSPS) is 18.8. The average molecular weight is 354 g/mol. The molecule has 132 valence electrons. The summed E-state index contributed by atoms with van der Waals surface area (Å²) in [5, 5.41) is 4.28. The molecule has 3 rings (SSSR count). The highest BCUT2D eigenvalue weighted by atomic mass is 32.2. The van der Waals surface area contributed by atoms with Crippen LogP contribution in [0.15, 0.2) is 6.20 Å². The van der Waals surface area contributed by atoms with E-state index < -0.39 is 10.0 Å². The fourth-order valence-corrected chi connectivity index (χ4v) is 4.10. The second-order valence-corrected chi connectivity index (χ2v) is 8.16. The highest BCUT2D eigenvalue weighted by molar-refractivity contribution is 7.89. The maximum absolute atomic E-state index is 12.2. The van der Waals surface area contributed by atoms with Gasteiger partial charge in [-0.05, 0) is 25.7 Å². The highest BCUT2D eigenvalue weighted by Gasteiger charge is 2.27. The first-order chi connectivity index (χ1) is 11.5. The fourth-order valence-electron chi connectivity index (χ4n) is 3.15. The van der Waals surface area contributed by atoms with Gasteiger partial charge in [-0.15, -0.1) is 0 Å². The molecule has 1 fully saturated rings. The first-order valence-electron chi connectivity index (χ1n) is 8.30. The number of hydrogen-bond donors (Lipinski definition) is 1. The summed E-state index contributed by atoms with van der Waals surface area (Å²) in [4.78, 5) is 24.5. The molecule has 0 bridgehead atoms. The quantitative estimate of drug-likeness (QED) is 0.734. The Labute approximate surface area is 141 Å². The lowest BCUT2D eigenvalue weighted by Crippen LogP contribution is -2.43. The Bertz CT molecular complexity index is 725. The summed E-state index contributed by atoms with van der Waals surface area (Å²) in [7, 11) is -3.56. The monoisotopic (exact) mass is 354 g/mol. The predicted octanol–water partition coefficient (Wildman–Crippen LogP) is 0.178. The summed E-state index contributed by atoms with van der Waals surface area (Å²) >= 11 is 0. The Kier molecular flexibility index (Phi) is 5.00. The number of rotatable bonds is 6. The molecule has 1 N–H and O–H groups in total. The van der Waals surface area contributed by atoms with Gasteiger partial charge in [0.25, 0.3) is 0 Å². The van der Waals surface area contributed by atoms with Crippen LogP contribution in [0.5, 0.6) is 0 Å². The largest absolute Gasteiger partial charge is 0.282 e. The highest BCUT2D eigenvalue weighted by Crippen LogP contribution is 2.18. The van der Waals surface area contributed by atoms with Gasteiger partial charge in [0.1, 0.15) is 0 Å². The van der Waals surface area contributed by atoms with E-state index in [1.165, 1.54) is 0 Å². The summed E-state index contributed by atoms with van der Waals surface area (Å²) in [5.74, 6) is -0.840. The van der Waals surface area contributed by atoms with Crippen LogP contribution in [0.1, 0.15) is 43.4 Å². The van der Waals surface area contributed by atoms with E-state index in [1.807, 2.05) is 4.68 Å². The van der Waals surface area contributed by atoms with Crippen LogP contribution in [-0.4, -0.2) is 47.2 Å². The number of likely N-dealkylation sites (tertiary alicyclic amines) is 1. The number of hydrogen-bond acceptors (Lipinski definition) is 5. The van der Waals surface area contributed by atoms with Gasteiger partial charge in [0.2, 0.25) is 21.8 Å². The molecule has 1 saturated heterocycles. The zero-order valence-electron chi connectivity index (χ0n) is 13.5. The second kappa shape index (κ2) is 7.02. The van der Waals surface area contributed by atoms with Crippen LogP contribution in [0.3, 0.4) is 0 Å². The number of carbonyl (C=O) groups excluding carboxylic acids is 2. The SMILES string of the molecule is O=C1CCCC(=O)N1CCS(=O)(=O)NCc1cnn2c1CCCC2. The maximum atomic E-state index is 12.2.